The van der Waals surface area contributed by atoms with Crippen molar-refractivity contribution in [2.45, 2.75) is 13.1 Å². The van der Waals surface area contributed by atoms with Crippen molar-refractivity contribution >= 4 is 51.9 Å². The topological polar surface area (TPSA) is 38.8 Å². The number of halogens is 4. The quantitative estimate of drug-likeness (QED) is 0.270. The van der Waals surface area contributed by atoms with Crippen molar-refractivity contribution < 1.29 is 27.4 Å². The third kappa shape index (κ3) is 5.93. The van der Waals surface area contributed by atoms with E-state index >= 15 is 0 Å². The van der Waals surface area contributed by atoms with Crippen LogP contribution in [0.5, 0.6) is 11.5 Å². The van der Waals surface area contributed by atoms with Gasteiger partial charge in [0.15, 0.2) is 0 Å². The molecule has 0 aliphatic carbocycles. The average molecular weight is 488 g/mol. The molecule has 1 heterocycles. The van der Waals surface area contributed by atoms with E-state index in [0.717, 1.165) is 12.1 Å². The van der Waals surface area contributed by atoms with Crippen LogP contribution in [-0.2, 0) is 11.0 Å². The van der Waals surface area contributed by atoms with Crippen LogP contribution in [0.25, 0.3) is 6.08 Å². The Morgan fingerprint density at radius 1 is 1.16 bits per heavy atom. The lowest BCUT2D eigenvalue weighted by Gasteiger charge is -2.12. The Balaban J connectivity index is 1.66. The number of hydrogen-bond acceptors (Lipinski definition) is 5. The van der Waals surface area contributed by atoms with E-state index < -0.39 is 11.7 Å². The van der Waals surface area contributed by atoms with Crippen LogP contribution in [0.4, 0.5) is 13.2 Å². The SMILES string of the molecule is CCN1C(=O)C(=Cc2cc(Cl)ccc2OCCOc2cccc(C(F)(F)F)c2)SC1=S. The molecule has 3 rings (SSSR count). The van der Waals surface area contributed by atoms with Crippen molar-refractivity contribution in [3.8, 4) is 11.5 Å². The second-order valence-corrected chi connectivity index (χ2v) is 8.44. The molecule has 1 amide bonds. The van der Waals surface area contributed by atoms with E-state index in [1.165, 1.54) is 28.8 Å². The number of benzene rings is 2. The van der Waals surface area contributed by atoms with E-state index in [0.29, 0.717) is 32.1 Å². The number of ether oxygens (including phenoxy) is 2. The van der Waals surface area contributed by atoms with Gasteiger partial charge in [-0.2, -0.15) is 13.2 Å². The highest BCUT2D eigenvalue weighted by molar-refractivity contribution is 8.26. The first-order chi connectivity index (χ1) is 14.7. The second-order valence-electron chi connectivity index (χ2n) is 6.33. The lowest BCUT2D eigenvalue weighted by atomic mass is 10.2. The maximum absolute atomic E-state index is 12.8. The summed E-state index contributed by atoms with van der Waals surface area (Å²) in [6.45, 7) is 2.43. The minimum absolute atomic E-state index is 0.0291. The van der Waals surface area contributed by atoms with Crippen LogP contribution in [0, 0.1) is 0 Å². The molecule has 2 aromatic rings. The van der Waals surface area contributed by atoms with Gasteiger partial charge in [-0.25, -0.2) is 0 Å². The van der Waals surface area contributed by atoms with Crippen molar-refractivity contribution in [1.29, 1.82) is 0 Å². The van der Waals surface area contributed by atoms with Crippen LogP contribution in [-0.4, -0.2) is 34.9 Å². The van der Waals surface area contributed by atoms with Gasteiger partial charge in [-0.05, 0) is 49.4 Å². The van der Waals surface area contributed by atoms with Gasteiger partial charge in [-0.3, -0.25) is 9.69 Å². The summed E-state index contributed by atoms with van der Waals surface area (Å²) in [6, 6.07) is 9.58. The minimum Gasteiger partial charge on any atom is -0.490 e. The van der Waals surface area contributed by atoms with Gasteiger partial charge in [0.05, 0.1) is 10.5 Å². The van der Waals surface area contributed by atoms with E-state index in [4.69, 9.17) is 33.3 Å². The number of alkyl halides is 3. The molecule has 31 heavy (non-hydrogen) atoms. The molecule has 1 aliphatic heterocycles. The fraction of sp³-hybridized carbons (Fsp3) is 0.238. The summed E-state index contributed by atoms with van der Waals surface area (Å²) >= 11 is 12.5. The molecule has 0 saturated carbocycles. The van der Waals surface area contributed by atoms with Crippen molar-refractivity contribution in [1.82, 2.24) is 4.90 Å². The van der Waals surface area contributed by atoms with Gasteiger partial charge in [0.2, 0.25) is 0 Å². The number of carbonyl (C=O) groups is 1. The Labute approximate surface area is 192 Å². The van der Waals surface area contributed by atoms with Crippen molar-refractivity contribution in [2.24, 2.45) is 0 Å². The fourth-order valence-electron chi connectivity index (χ4n) is 2.75. The van der Waals surface area contributed by atoms with Crippen molar-refractivity contribution in [3.05, 3.63) is 63.5 Å². The number of amides is 1. The number of likely N-dealkylation sites (N-methyl/N-ethyl adjacent to an activating group) is 1. The molecule has 2 aromatic carbocycles. The molecule has 0 spiro atoms. The maximum Gasteiger partial charge on any atom is 0.416 e. The summed E-state index contributed by atoms with van der Waals surface area (Å²) < 4.78 is 49.9. The molecule has 0 radical (unpaired) electrons. The van der Waals surface area contributed by atoms with Crippen molar-refractivity contribution in [3.63, 3.8) is 0 Å². The van der Waals surface area contributed by atoms with Crippen molar-refractivity contribution in [2.75, 3.05) is 19.8 Å². The lowest BCUT2D eigenvalue weighted by Crippen LogP contribution is -2.27. The lowest BCUT2D eigenvalue weighted by molar-refractivity contribution is -0.137. The molecule has 10 heteroatoms. The standard InChI is InChI=1S/C21H17ClF3NO3S2/c1-2-26-19(27)18(31-20(26)30)11-13-10-15(22)6-7-17(13)29-9-8-28-16-5-3-4-14(12-16)21(23,24)25/h3-7,10-12H,2,8-9H2,1H3. The van der Waals surface area contributed by atoms with Gasteiger partial charge >= 0.3 is 6.18 Å². The molecular weight excluding hydrogens is 471 g/mol. The zero-order valence-corrected chi connectivity index (χ0v) is 18.6. The number of rotatable bonds is 7. The first kappa shape index (κ1) is 23.4. The third-order valence-electron chi connectivity index (χ3n) is 4.22. The Hall–Kier alpha value is -2.23. The van der Waals surface area contributed by atoms with Crippen LogP contribution in [0.3, 0.4) is 0 Å². The molecule has 1 aliphatic rings. The molecule has 164 valence electrons. The maximum atomic E-state index is 12.8. The molecule has 1 fully saturated rings. The molecule has 0 atom stereocenters. The van der Waals surface area contributed by atoms with Crippen LogP contribution in [0.1, 0.15) is 18.1 Å². The van der Waals surface area contributed by atoms with E-state index in [9.17, 15) is 18.0 Å². The Morgan fingerprint density at radius 2 is 1.90 bits per heavy atom. The zero-order valence-electron chi connectivity index (χ0n) is 16.2. The van der Waals surface area contributed by atoms with E-state index in [-0.39, 0.29) is 24.9 Å². The summed E-state index contributed by atoms with van der Waals surface area (Å²) in [5.41, 5.74) is -0.196. The number of hydrogen-bond donors (Lipinski definition) is 0. The second kappa shape index (κ2) is 9.93. The predicted molar refractivity (Wildman–Crippen MR) is 119 cm³/mol. The fourth-order valence-corrected chi connectivity index (χ4v) is 4.31. The number of thiocarbonyl (C=S) groups is 1. The first-order valence-corrected chi connectivity index (χ1v) is 10.8. The van der Waals surface area contributed by atoms with Gasteiger partial charge in [0.25, 0.3) is 5.91 Å². The smallest absolute Gasteiger partial charge is 0.416 e. The summed E-state index contributed by atoms with van der Waals surface area (Å²) in [5, 5.41) is 0.463. The summed E-state index contributed by atoms with van der Waals surface area (Å²) in [6.07, 6.45) is -2.78. The van der Waals surface area contributed by atoms with Crippen LogP contribution >= 0.6 is 35.6 Å². The van der Waals surface area contributed by atoms with Crippen LogP contribution in [0.15, 0.2) is 47.4 Å². The summed E-state index contributed by atoms with van der Waals surface area (Å²) in [4.78, 5) is 14.4. The number of carbonyl (C=O) groups excluding carboxylic acids is 1. The van der Waals surface area contributed by atoms with Gasteiger partial charge in [-0.1, -0.05) is 41.6 Å². The molecule has 0 aromatic heterocycles. The molecular formula is C21H17ClF3NO3S2. The van der Waals surface area contributed by atoms with Crippen LogP contribution < -0.4 is 9.47 Å². The zero-order chi connectivity index (χ0) is 22.6. The highest BCUT2D eigenvalue weighted by atomic mass is 35.5. The van der Waals surface area contributed by atoms with Gasteiger partial charge in [0, 0.05) is 17.1 Å². The van der Waals surface area contributed by atoms with Gasteiger partial charge < -0.3 is 9.47 Å². The number of thioether (sulfide) groups is 1. The summed E-state index contributed by atoms with van der Waals surface area (Å²) in [7, 11) is 0. The average Bonchev–Trinajstić information content (AvgIpc) is 2.98. The van der Waals surface area contributed by atoms with Gasteiger partial charge in [-0.15, -0.1) is 0 Å². The highest BCUT2D eigenvalue weighted by Gasteiger charge is 2.31. The van der Waals surface area contributed by atoms with E-state index in [1.54, 1.807) is 24.3 Å². The monoisotopic (exact) mass is 487 g/mol. The Morgan fingerprint density at radius 3 is 2.58 bits per heavy atom. The van der Waals surface area contributed by atoms with Crippen LogP contribution in [0.2, 0.25) is 5.02 Å². The Kier molecular flexibility index (Phi) is 7.51. The number of nitrogens with zero attached hydrogens (tertiary/aromatic N) is 1. The Bertz CT molecular complexity index is 1030. The highest BCUT2D eigenvalue weighted by Crippen LogP contribution is 2.35. The molecule has 0 unspecified atom stereocenters. The molecule has 1 saturated heterocycles. The molecule has 0 bridgehead atoms. The summed E-state index contributed by atoms with van der Waals surface area (Å²) in [5.74, 6) is 0.369. The largest absolute Gasteiger partial charge is 0.490 e. The predicted octanol–water partition coefficient (Wildman–Crippen LogP) is 6.04. The minimum atomic E-state index is -4.44. The van der Waals surface area contributed by atoms with Gasteiger partial charge in [0.1, 0.15) is 29.0 Å². The van der Waals surface area contributed by atoms with E-state index in [1.807, 2.05) is 6.92 Å². The third-order valence-corrected chi connectivity index (χ3v) is 5.83. The first-order valence-electron chi connectivity index (χ1n) is 9.17. The normalized spacial score (nSPS) is 15.6. The molecule has 0 N–H and O–H groups in total. The van der Waals surface area contributed by atoms with E-state index in [2.05, 4.69) is 0 Å². The molecule has 4 nitrogen and oxygen atoms in total.